The van der Waals surface area contributed by atoms with Gasteiger partial charge in [-0.2, -0.15) is 11.3 Å². The van der Waals surface area contributed by atoms with Gasteiger partial charge in [0, 0.05) is 11.8 Å². The molecule has 1 aromatic rings. The molecule has 0 unspecified atom stereocenters. The van der Waals surface area contributed by atoms with Gasteiger partial charge in [0.15, 0.2) is 0 Å². The van der Waals surface area contributed by atoms with Crippen molar-refractivity contribution in [2.75, 3.05) is 0 Å². The van der Waals surface area contributed by atoms with E-state index >= 15 is 0 Å². The van der Waals surface area contributed by atoms with E-state index in [2.05, 4.69) is 49.4 Å². The Labute approximate surface area is 78.6 Å². The first-order chi connectivity index (χ1) is 5.58. The second-order valence-electron chi connectivity index (χ2n) is 3.86. The molecular weight excluding hydrogens is 164 g/mol. The van der Waals surface area contributed by atoms with Crippen LogP contribution in [0.4, 0.5) is 0 Å². The molecule has 1 aromatic heterocycles. The first kappa shape index (κ1) is 9.35. The van der Waals surface area contributed by atoms with E-state index in [0.717, 1.165) is 6.42 Å². The predicted octanol–water partition coefficient (Wildman–Crippen LogP) is 3.34. The molecule has 0 nitrogen and oxygen atoms in total. The highest BCUT2D eigenvalue weighted by Gasteiger charge is 2.02. The van der Waals surface area contributed by atoms with Gasteiger partial charge in [-0.1, -0.05) is 11.8 Å². The molecule has 0 aliphatic carbocycles. The number of rotatable bonds is 1. The van der Waals surface area contributed by atoms with E-state index in [9.17, 15) is 0 Å². The van der Waals surface area contributed by atoms with Crippen LogP contribution in [-0.4, -0.2) is 0 Å². The van der Waals surface area contributed by atoms with Gasteiger partial charge in [0.1, 0.15) is 0 Å². The molecule has 1 heterocycles. The van der Waals surface area contributed by atoms with Crippen LogP contribution in [-0.2, 0) is 6.42 Å². The fourth-order valence-corrected chi connectivity index (χ4v) is 1.47. The van der Waals surface area contributed by atoms with Crippen LogP contribution in [0.15, 0.2) is 16.8 Å². The maximum Gasteiger partial charge on any atom is 0.0348 e. The van der Waals surface area contributed by atoms with E-state index in [1.807, 2.05) is 0 Å². The first-order valence-electron chi connectivity index (χ1n) is 4.09. The van der Waals surface area contributed by atoms with Crippen LogP contribution in [0.2, 0.25) is 0 Å². The lowest BCUT2D eigenvalue weighted by Gasteiger charge is -2.06. The molecule has 0 aliphatic heterocycles. The van der Waals surface area contributed by atoms with Crippen molar-refractivity contribution in [3.8, 4) is 11.8 Å². The van der Waals surface area contributed by atoms with Crippen molar-refractivity contribution < 1.29 is 0 Å². The number of hydrogen-bond donors (Lipinski definition) is 0. The summed E-state index contributed by atoms with van der Waals surface area (Å²) in [6.45, 7) is 6.40. The Hall–Kier alpha value is -0.740. The summed E-state index contributed by atoms with van der Waals surface area (Å²) in [6, 6.07) is 2.13. The van der Waals surface area contributed by atoms with Crippen LogP contribution in [0.3, 0.4) is 0 Å². The smallest absolute Gasteiger partial charge is 0.0348 e. The van der Waals surface area contributed by atoms with Crippen molar-refractivity contribution in [3.05, 3.63) is 22.4 Å². The van der Waals surface area contributed by atoms with Crippen molar-refractivity contribution in [1.82, 2.24) is 0 Å². The Bertz CT molecular complexity index is 277. The molecule has 0 saturated carbocycles. The zero-order valence-electron chi connectivity index (χ0n) is 7.85. The maximum atomic E-state index is 3.21. The van der Waals surface area contributed by atoms with E-state index in [0.29, 0.717) is 0 Å². The zero-order valence-corrected chi connectivity index (χ0v) is 8.66. The van der Waals surface area contributed by atoms with E-state index in [1.54, 1.807) is 11.3 Å². The molecule has 0 fully saturated rings. The van der Waals surface area contributed by atoms with Crippen molar-refractivity contribution >= 4 is 11.3 Å². The van der Waals surface area contributed by atoms with Gasteiger partial charge in [0.05, 0.1) is 0 Å². The standard InChI is InChI=1S/C11H14S/c1-11(2,3)7-4-5-10-6-8-12-9-10/h6,8-9H,5H2,1-3H3. The molecule has 0 radical (unpaired) electrons. The zero-order chi connectivity index (χ0) is 9.03. The summed E-state index contributed by atoms with van der Waals surface area (Å²) in [5.41, 5.74) is 1.47. The van der Waals surface area contributed by atoms with Gasteiger partial charge < -0.3 is 0 Å². The third kappa shape index (κ3) is 3.59. The summed E-state index contributed by atoms with van der Waals surface area (Å²) in [7, 11) is 0. The Morgan fingerprint density at radius 2 is 2.17 bits per heavy atom. The van der Waals surface area contributed by atoms with E-state index in [-0.39, 0.29) is 5.41 Å². The third-order valence-electron chi connectivity index (χ3n) is 1.34. The monoisotopic (exact) mass is 178 g/mol. The molecule has 0 saturated heterocycles. The average molecular weight is 178 g/mol. The normalized spacial score (nSPS) is 10.6. The fourth-order valence-electron chi connectivity index (χ4n) is 0.805. The molecule has 0 N–H and O–H groups in total. The highest BCUT2D eigenvalue weighted by molar-refractivity contribution is 7.07. The van der Waals surface area contributed by atoms with Gasteiger partial charge in [-0.3, -0.25) is 0 Å². The molecule has 64 valence electrons. The average Bonchev–Trinajstić information content (AvgIpc) is 2.36. The molecular formula is C11H14S. The first-order valence-corrected chi connectivity index (χ1v) is 5.03. The third-order valence-corrected chi connectivity index (χ3v) is 2.07. The Morgan fingerprint density at radius 1 is 1.42 bits per heavy atom. The summed E-state index contributed by atoms with van der Waals surface area (Å²) >= 11 is 1.73. The van der Waals surface area contributed by atoms with Gasteiger partial charge in [0.25, 0.3) is 0 Å². The second kappa shape index (κ2) is 3.78. The van der Waals surface area contributed by atoms with Gasteiger partial charge in [-0.25, -0.2) is 0 Å². The minimum atomic E-state index is 0.135. The lowest BCUT2D eigenvalue weighted by atomic mass is 9.98. The Morgan fingerprint density at radius 3 is 2.67 bits per heavy atom. The summed E-state index contributed by atoms with van der Waals surface area (Å²) < 4.78 is 0. The molecule has 12 heavy (non-hydrogen) atoms. The second-order valence-corrected chi connectivity index (χ2v) is 4.64. The van der Waals surface area contributed by atoms with Crippen molar-refractivity contribution in [1.29, 1.82) is 0 Å². The summed E-state index contributed by atoms with van der Waals surface area (Å²) in [4.78, 5) is 0. The van der Waals surface area contributed by atoms with Crippen LogP contribution in [0.25, 0.3) is 0 Å². The van der Waals surface area contributed by atoms with Crippen molar-refractivity contribution in [2.45, 2.75) is 27.2 Å². The van der Waals surface area contributed by atoms with Gasteiger partial charge in [-0.15, -0.1) is 0 Å². The highest BCUT2D eigenvalue weighted by Crippen LogP contribution is 2.11. The SMILES string of the molecule is CC(C)(C)C#CCc1ccsc1. The molecule has 0 spiro atoms. The van der Waals surface area contributed by atoms with E-state index in [1.165, 1.54) is 5.56 Å². The van der Waals surface area contributed by atoms with Crippen LogP contribution in [0, 0.1) is 17.3 Å². The van der Waals surface area contributed by atoms with E-state index in [4.69, 9.17) is 0 Å². The van der Waals surface area contributed by atoms with Crippen LogP contribution >= 0.6 is 11.3 Å². The Balaban J connectivity index is 2.49. The van der Waals surface area contributed by atoms with Crippen LogP contribution < -0.4 is 0 Å². The molecule has 0 amide bonds. The maximum absolute atomic E-state index is 3.21. The van der Waals surface area contributed by atoms with Crippen LogP contribution in [0.5, 0.6) is 0 Å². The summed E-state index contributed by atoms with van der Waals surface area (Å²) in [5.74, 6) is 6.40. The number of hydrogen-bond acceptors (Lipinski definition) is 1. The Kier molecular flexibility index (Phi) is 2.94. The van der Waals surface area contributed by atoms with Crippen molar-refractivity contribution in [2.24, 2.45) is 5.41 Å². The predicted molar refractivity (Wildman–Crippen MR) is 55.3 cm³/mol. The molecule has 0 atom stereocenters. The van der Waals surface area contributed by atoms with Gasteiger partial charge in [-0.05, 0) is 43.2 Å². The summed E-state index contributed by atoms with van der Waals surface area (Å²) in [6.07, 6.45) is 0.890. The molecule has 1 rings (SSSR count). The lowest BCUT2D eigenvalue weighted by Crippen LogP contribution is -1.99. The molecule has 0 aliphatic rings. The largest absolute Gasteiger partial charge is 0.152 e. The highest BCUT2D eigenvalue weighted by atomic mass is 32.1. The quantitative estimate of drug-likeness (QED) is 0.579. The molecule has 0 aromatic carbocycles. The lowest BCUT2D eigenvalue weighted by molar-refractivity contribution is 0.570. The van der Waals surface area contributed by atoms with Crippen molar-refractivity contribution in [3.63, 3.8) is 0 Å². The minimum Gasteiger partial charge on any atom is -0.152 e. The van der Waals surface area contributed by atoms with E-state index < -0.39 is 0 Å². The molecule has 0 bridgehead atoms. The number of thiophene rings is 1. The van der Waals surface area contributed by atoms with Gasteiger partial charge in [0.2, 0.25) is 0 Å². The van der Waals surface area contributed by atoms with Gasteiger partial charge >= 0.3 is 0 Å². The fraction of sp³-hybridized carbons (Fsp3) is 0.455. The summed E-state index contributed by atoms with van der Waals surface area (Å²) in [5, 5.41) is 4.24. The minimum absolute atomic E-state index is 0.135. The topological polar surface area (TPSA) is 0 Å². The van der Waals surface area contributed by atoms with Crippen LogP contribution in [0.1, 0.15) is 26.3 Å². The molecule has 1 heteroatoms.